The average Bonchev–Trinajstić information content (AvgIpc) is 3.64. The van der Waals surface area contributed by atoms with Crippen LogP contribution in [0.25, 0.3) is 110 Å². The fraction of sp³-hybridized carbons (Fsp3) is 0.0667. The molecule has 11 aromatic rings. The predicted octanol–water partition coefficient (Wildman–Crippen LogP) is 16.7. The zero-order chi connectivity index (χ0) is 41.0. The second-order valence-electron chi connectivity index (χ2n) is 16.5. The van der Waals surface area contributed by atoms with Gasteiger partial charge in [-0.15, -0.1) is 0 Å². The summed E-state index contributed by atoms with van der Waals surface area (Å²) in [4.78, 5) is 0. The van der Waals surface area contributed by atoms with Crippen molar-refractivity contribution < 1.29 is 0 Å². The Balaban J connectivity index is 0.995. The fourth-order valence-corrected chi connectivity index (χ4v) is 9.66. The van der Waals surface area contributed by atoms with Gasteiger partial charge in [0.25, 0.3) is 0 Å². The lowest BCUT2D eigenvalue weighted by molar-refractivity contribution is 0.827. The molecule has 0 radical (unpaired) electrons. The summed E-state index contributed by atoms with van der Waals surface area (Å²) in [5.41, 5.74) is 19.9. The molecule has 0 atom stereocenters. The summed E-state index contributed by atoms with van der Waals surface area (Å²) in [6.07, 6.45) is 0. The molecule has 1 nitrogen and oxygen atoms in total. The molecule has 290 valence electrons. The van der Waals surface area contributed by atoms with E-state index in [1.807, 2.05) is 0 Å². The van der Waals surface area contributed by atoms with E-state index in [-0.39, 0.29) is 0 Å². The number of hydrogen-bond acceptors (Lipinski definition) is 0. The Bertz CT molecular complexity index is 3410. The molecule has 0 unspecified atom stereocenters. The number of benzene rings is 10. The summed E-state index contributed by atoms with van der Waals surface area (Å²) < 4.78 is 2.44. The predicted molar refractivity (Wildman–Crippen MR) is 262 cm³/mol. The number of aryl methyl sites for hydroxylation is 3. The summed E-state index contributed by atoms with van der Waals surface area (Å²) in [7, 11) is 0. The van der Waals surface area contributed by atoms with Crippen LogP contribution < -0.4 is 0 Å². The van der Waals surface area contributed by atoms with Crippen molar-refractivity contribution in [3.8, 4) is 66.8 Å². The van der Waals surface area contributed by atoms with Gasteiger partial charge in [0, 0.05) is 28.4 Å². The Morgan fingerprint density at radius 3 is 1.00 bits per heavy atom. The zero-order valence-corrected chi connectivity index (χ0v) is 34.8. The van der Waals surface area contributed by atoms with Crippen LogP contribution >= 0.6 is 0 Å². The lowest BCUT2D eigenvalue weighted by Gasteiger charge is -2.19. The van der Waals surface area contributed by atoms with Crippen molar-refractivity contribution in [2.75, 3.05) is 0 Å². The third-order valence-corrected chi connectivity index (χ3v) is 12.7. The fourth-order valence-electron chi connectivity index (χ4n) is 9.66. The molecule has 10 aromatic carbocycles. The van der Waals surface area contributed by atoms with Gasteiger partial charge < -0.3 is 4.57 Å². The molecule has 0 aliphatic rings. The van der Waals surface area contributed by atoms with E-state index in [0.29, 0.717) is 0 Å². The molecule has 0 saturated carbocycles. The van der Waals surface area contributed by atoms with Gasteiger partial charge in [0.2, 0.25) is 0 Å². The Morgan fingerprint density at radius 1 is 0.279 bits per heavy atom. The van der Waals surface area contributed by atoms with E-state index >= 15 is 0 Å². The summed E-state index contributed by atoms with van der Waals surface area (Å²) in [5, 5.41) is 7.70. The number of hydrogen-bond donors (Lipinski definition) is 0. The lowest BCUT2D eigenvalue weighted by atomic mass is 9.84. The van der Waals surface area contributed by atoms with E-state index in [1.54, 1.807) is 0 Å². The van der Waals surface area contributed by atoms with E-state index in [0.717, 1.165) is 6.54 Å². The molecule has 61 heavy (non-hydrogen) atoms. The molecule has 0 aliphatic heterocycles. The zero-order valence-electron chi connectivity index (χ0n) is 34.8. The minimum Gasteiger partial charge on any atom is -0.341 e. The second-order valence-corrected chi connectivity index (χ2v) is 16.5. The summed E-state index contributed by atoms with van der Waals surface area (Å²) in [6, 6.07) is 76.5. The van der Waals surface area contributed by atoms with Gasteiger partial charge in [-0.3, -0.25) is 0 Å². The van der Waals surface area contributed by atoms with Crippen LogP contribution in [0, 0.1) is 13.8 Å². The highest BCUT2D eigenvalue weighted by Crippen LogP contribution is 2.45. The third-order valence-electron chi connectivity index (χ3n) is 12.7. The molecule has 11 rings (SSSR count). The maximum Gasteiger partial charge on any atom is 0.0491 e. The Hall–Kier alpha value is -7.48. The quantitative estimate of drug-likeness (QED) is 0.142. The van der Waals surface area contributed by atoms with Gasteiger partial charge in [-0.2, -0.15) is 0 Å². The molecule has 1 aromatic heterocycles. The largest absolute Gasteiger partial charge is 0.341 e. The van der Waals surface area contributed by atoms with Gasteiger partial charge in [-0.1, -0.05) is 193 Å². The van der Waals surface area contributed by atoms with Gasteiger partial charge in [0.15, 0.2) is 0 Å². The number of rotatable bonds is 7. The molecule has 0 spiro atoms. The number of aromatic nitrogens is 1. The monoisotopic (exact) mass is 779 g/mol. The second kappa shape index (κ2) is 15.0. The first-order valence-electron chi connectivity index (χ1n) is 21.5. The summed E-state index contributed by atoms with van der Waals surface area (Å²) in [5.74, 6) is 0. The van der Waals surface area contributed by atoms with Gasteiger partial charge in [-0.05, 0) is 133 Å². The van der Waals surface area contributed by atoms with Crippen LogP contribution in [0.3, 0.4) is 0 Å². The van der Waals surface area contributed by atoms with Gasteiger partial charge >= 0.3 is 0 Å². The molecular weight excluding hydrogens is 735 g/mol. The molecule has 0 N–H and O–H groups in total. The van der Waals surface area contributed by atoms with Gasteiger partial charge in [0.1, 0.15) is 0 Å². The highest BCUT2D eigenvalue weighted by atomic mass is 15.0. The maximum atomic E-state index is 2.44. The molecular formula is C60H45N. The van der Waals surface area contributed by atoms with Crippen LogP contribution in [0.1, 0.15) is 18.1 Å². The van der Waals surface area contributed by atoms with Crippen molar-refractivity contribution >= 4 is 43.4 Å². The molecule has 0 aliphatic carbocycles. The van der Waals surface area contributed by atoms with Gasteiger partial charge in [0.05, 0.1) is 0 Å². The molecule has 0 fully saturated rings. The highest BCUT2D eigenvalue weighted by molar-refractivity contribution is 6.21. The minimum absolute atomic E-state index is 0.924. The Morgan fingerprint density at radius 2 is 0.607 bits per heavy atom. The first-order chi connectivity index (χ1) is 30.0. The van der Waals surface area contributed by atoms with E-state index in [2.05, 4.69) is 232 Å². The number of fused-ring (bicyclic) bond motifs is 5. The first kappa shape index (κ1) is 36.6. The normalized spacial score (nSPS) is 11.6. The van der Waals surface area contributed by atoms with Crippen LogP contribution in [0.4, 0.5) is 0 Å². The van der Waals surface area contributed by atoms with E-state index in [1.165, 1.54) is 121 Å². The molecule has 0 bridgehead atoms. The summed E-state index contributed by atoms with van der Waals surface area (Å²) >= 11 is 0. The maximum absolute atomic E-state index is 2.44. The highest BCUT2D eigenvalue weighted by Gasteiger charge is 2.18. The molecule has 1 heterocycles. The van der Waals surface area contributed by atoms with Crippen LogP contribution in [0.15, 0.2) is 206 Å². The molecule has 0 amide bonds. The third kappa shape index (κ3) is 6.42. The van der Waals surface area contributed by atoms with E-state index < -0.39 is 0 Å². The summed E-state index contributed by atoms with van der Waals surface area (Å²) in [6.45, 7) is 7.57. The van der Waals surface area contributed by atoms with Crippen molar-refractivity contribution in [2.24, 2.45) is 0 Å². The standard InChI is InChI=1S/C60H45N/c1-4-61-57-33-29-49(42-13-9-6-10-14-42)37-53(57)54-38-50(30-34-58(54)61)46-23-27-48(28-24-46)60-52-32-16-39(2)35-55(52)59(51-31-15-40(3)36-56(51)60)47-25-21-45(22-26-47)44-19-17-43(18-20-44)41-11-7-5-8-12-41/h5-38H,4H2,1-3H3. The van der Waals surface area contributed by atoms with Crippen LogP contribution in [0.5, 0.6) is 0 Å². The molecule has 0 saturated heterocycles. The van der Waals surface area contributed by atoms with E-state index in [4.69, 9.17) is 0 Å². The van der Waals surface area contributed by atoms with Crippen molar-refractivity contribution in [3.05, 3.63) is 217 Å². The Labute approximate surface area is 357 Å². The van der Waals surface area contributed by atoms with Crippen LogP contribution in [0.2, 0.25) is 0 Å². The topological polar surface area (TPSA) is 4.93 Å². The smallest absolute Gasteiger partial charge is 0.0491 e. The van der Waals surface area contributed by atoms with Crippen molar-refractivity contribution in [2.45, 2.75) is 27.3 Å². The average molecular weight is 780 g/mol. The van der Waals surface area contributed by atoms with E-state index in [9.17, 15) is 0 Å². The van der Waals surface area contributed by atoms with Crippen molar-refractivity contribution in [1.82, 2.24) is 4.57 Å². The SMILES string of the molecule is CCn1c2ccc(-c3ccccc3)cc2c2cc(-c3ccc(-c4c5ccc(C)cc5c(-c5ccc(-c6ccc(-c7ccccc7)cc6)cc5)c5ccc(C)cc45)cc3)ccc21. The minimum atomic E-state index is 0.924. The number of nitrogens with zero attached hydrogens (tertiary/aromatic N) is 1. The van der Waals surface area contributed by atoms with Crippen LogP contribution in [-0.4, -0.2) is 4.57 Å². The van der Waals surface area contributed by atoms with Gasteiger partial charge in [-0.25, -0.2) is 0 Å². The Kier molecular flexibility index (Phi) is 8.98. The first-order valence-corrected chi connectivity index (χ1v) is 21.5. The van der Waals surface area contributed by atoms with Crippen molar-refractivity contribution in [1.29, 1.82) is 0 Å². The molecule has 1 heteroatoms. The van der Waals surface area contributed by atoms with Crippen molar-refractivity contribution in [3.63, 3.8) is 0 Å². The lowest BCUT2D eigenvalue weighted by Crippen LogP contribution is -1.93. The van der Waals surface area contributed by atoms with Crippen LogP contribution in [-0.2, 0) is 6.54 Å².